The minimum atomic E-state index is 0.611. The summed E-state index contributed by atoms with van der Waals surface area (Å²) in [5, 5.41) is 0. The molecule has 0 unspecified atom stereocenters. The van der Waals surface area contributed by atoms with Gasteiger partial charge in [0, 0.05) is 24.0 Å². The van der Waals surface area contributed by atoms with Gasteiger partial charge in [-0.25, -0.2) is 4.98 Å². The fourth-order valence-electron chi connectivity index (χ4n) is 1.79. The van der Waals surface area contributed by atoms with Gasteiger partial charge in [0.2, 0.25) is 0 Å². The molecule has 86 valence electrons. The highest BCUT2D eigenvalue weighted by atomic mass is 16.5. The number of nitrogens with two attached hydrogens (primary N) is 1. The van der Waals surface area contributed by atoms with E-state index in [1.807, 2.05) is 19.1 Å². The van der Waals surface area contributed by atoms with Crippen LogP contribution in [-0.2, 0) is 11.3 Å². The van der Waals surface area contributed by atoms with Crippen LogP contribution in [0.25, 0.3) is 0 Å². The van der Waals surface area contributed by atoms with Crippen molar-refractivity contribution in [2.45, 2.75) is 20.4 Å². The summed E-state index contributed by atoms with van der Waals surface area (Å²) in [7, 11) is 0. The maximum Gasteiger partial charge on any atom is 0.128 e. The first-order valence-corrected chi connectivity index (χ1v) is 5.43. The van der Waals surface area contributed by atoms with Crippen molar-refractivity contribution in [1.29, 1.82) is 0 Å². The largest absolute Gasteiger partial charge is 0.495 e. The van der Waals surface area contributed by atoms with Crippen LogP contribution in [0.1, 0.15) is 19.4 Å². The molecule has 0 aromatic carbocycles. The number of allylic oxidation sites excluding steroid dienone is 2. The Morgan fingerprint density at radius 2 is 2.31 bits per heavy atom. The lowest BCUT2D eigenvalue weighted by molar-refractivity contribution is 0.127. The molecule has 0 saturated carbocycles. The summed E-state index contributed by atoms with van der Waals surface area (Å²) >= 11 is 0. The molecule has 0 radical (unpaired) electrons. The lowest BCUT2D eigenvalue weighted by Gasteiger charge is -2.31. The summed E-state index contributed by atoms with van der Waals surface area (Å²) in [6.07, 6.45) is 1.71. The Balaban J connectivity index is 2.16. The van der Waals surface area contributed by atoms with Gasteiger partial charge in [-0.3, -0.25) is 0 Å². The lowest BCUT2D eigenvalue weighted by atomic mass is 10.2. The monoisotopic (exact) mass is 219 g/mol. The zero-order valence-corrected chi connectivity index (χ0v) is 9.73. The summed E-state index contributed by atoms with van der Waals surface area (Å²) in [4.78, 5) is 6.36. The van der Waals surface area contributed by atoms with E-state index in [2.05, 4.69) is 16.8 Å². The van der Waals surface area contributed by atoms with E-state index in [1.165, 1.54) is 5.70 Å². The molecule has 0 spiro atoms. The van der Waals surface area contributed by atoms with Gasteiger partial charge < -0.3 is 15.4 Å². The van der Waals surface area contributed by atoms with Crippen molar-refractivity contribution >= 4 is 5.82 Å². The Labute approximate surface area is 95.7 Å². The third-order valence-corrected chi connectivity index (χ3v) is 2.95. The Morgan fingerprint density at radius 3 is 3.06 bits per heavy atom. The maximum atomic E-state index is 5.83. The second-order valence-corrected chi connectivity index (χ2v) is 3.96. The average Bonchev–Trinajstić information content (AvgIpc) is 2.28. The first-order chi connectivity index (χ1) is 7.68. The smallest absolute Gasteiger partial charge is 0.128 e. The van der Waals surface area contributed by atoms with E-state index >= 15 is 0 Å². The lowest BCUT2D eigenvalue weighted by Crippen LogP contribution is -2.30. The predicted molar refractivity (Wildman–Crippen MR) is 63.4 cm³/mol. The Kier molecular flexibility index (Phi) is 2.99. The third kappa shape index (κ3) is 2.10. The molecule has 0 saturated heterocycles. The zero-order valence-electron chi connectivity index (χ0n) is 9.73. The number of rotatable bonds is 2. The fourth-order valence-corrected chi connectivity index (χ4v) is 1.79. The molecule has 0 aliphatic carbocycles. The van der Waals surface area contributed by atoms with Crippen molar-refractivity contribution in [3.05, 3.63) is 35.3 Å². The van der Waals surface area contributed by atoms with Crippen LogP contribution >= 0.6 is 0 Å². The van der Waals surface area contributed by atoms with Crippen molar-refractivity contribution in [1.82, 2.24) is 9.88 Å². The molecule has 0 amide bonds. The van der Waals surface area contributed by atoms with Gasteiger partial charge in [0.25, 0.3) is 0 Å². The summed E-state index contributed by atoms with van der Waals surface area (Å²) in [5.41, 5.74) is 8.07. The van der Waals surface area contributed by atoms with E-state index in [-0.39, 0.29) is 0 Å². The summed E-state index contributed by atoms with van der Waals surface area (Å²) < 4.78 is 5.48. The summed E-state index contributed by atoms with van der Waals surface area (Å²) in [5.74, 6) is 1.60. The van der Waals surface area contributed by atoms with Crippen LogP contribution in [0.3, 0.4) is 0 Å². The van der Waals surface area contributed by atoms with Crippen molar-refractivity contribution in [3.63, 3.8) is 0 Å². The van der Waals surface area contributed by atoms with Crippen molar-refractivity contribution in [2.75, 3.05) is 18.9 Å². The molecule has 1 aliphatic heterocycles. The second-order valence-electron chi connectivity index (χ2n) is 3.96. The summed E-state index contributed by atoms with van der Waals surface area (Å²) in [6, 6.07) is 3.93. The highest BCUT2D eigenvalue weighted by molar-refractivity contribution is 5.38. The topological polar surface area (TPSA) is 51.4 Å². The first kappa shape index (κ1) is 10.8. The van der Waals surface area contributed by atoms with E-state index in [4.69, 9.17) is 10.5 Å². The Morgan fingerprint density at radius 1 is 1.50 bits per heavy atom. The molecule has 2 heterocycles. The van der Waals surface area contributed by atoms with Crippen LogP contribution in [0, 0.1) is 0 Å². The molecule has 4 heteroatoms. The maximum absolute atomic E-state index is 5.83. The molecule has 1 aromatic heterocycles. The summed E-state index contributed by atoms with van der Waals surface area (Å²) in [6.45, 7) is 6.50. The highest BCUT2D eigenvalue weighted by Gasteiger charge is 2.16. The molecule has 4 nitrogen and oxygen atoms in total. The molecule has 0 atom stereocenters. The normalized spacial score (nSPS) is 16.2. The van der Waals surface area contributed by atoms with Crippen LogP contribution in [0.4, 0.5) is 5.82 Å². The van der Waals surface area contributed by atoms with E-state index in [9.17, 15) is 0 Å². The number of nitrogen functional groups attached to an aromatic ring is 1. The number of hydrogen-bond acceptors (Lipinski definition) is 4. The van der Waals surface area contributed by atoms with Gasteiger partial charge >= 0.3 is 0 Å². The number of nitrogens with zero attached hydrogens (tertiary/aromatic N) is 2. The van der Waals surface area contributed by atoms with E-state index in [0.29, 0.717) is 5.82 Å². The van der Waals surface area contributed by atoms with Gasteiger partial charge in [0.15, 0.2) is 0 Å². The fraction of sp³-hybridized carbons (Fsp3) is 0.417. The van der Waals surface area contributed by atoms with Gasteiger partial charge in [-0.05, 0) is 19.9 Å². The molecule has 16 heavy (non-hydrogen) atoms. The number of hydrogen-bond donors (Lipinski definition) is 1. The highest BCUT2D eigenvalue weighted by Crippen LogP contribution is 2.20. The SMILES string of the molecule is CC1=C(C)N(Cc2cccnc2N)CCO1. The van der Waals surface area contributed by atoms with Crippen LogP contribution in [-0.4, -0.2) is 23.0 Å². The molecule has 1 aromatic rings. The minimum absolute atomic E-state index is 0.611. The number of ether oxygens (including phenoxy) is 1. The first-order valence-electron chi connectivity index (χ1n) is 5.43. The molecule has 0 fully saturated rings. The van der Waals surface area contributed by atoms with Crippen LogP contribution < -0.4 is 5.73 Å². The van der Waals surface area contributed by atoms with Crippen molar-refractivity contribution < 1.29 is 4.74 Å². The number of pyridine rings is 1. The van der Waals surface area contributed by atoms with Gasteiger partial charge in [-0.1, -0.05) is 6.07 Å². The van der Waals surface area contributed by atoms with Gasteiger partial charge in [0.1, 0.15) is 18.2 Å². The van der Waals surface area contributed by atoms with Crippen molar-refractivity contribution in [3.8, 4) is 0 Å². The zero-order chi connectivity index (χ0) is 11.5. The average molecular weight is 219 g/mol. The number of aromatic nitrogens is 1. The molecule has 2 N–H and O–H groups in total. The third-order valence-electron chi connectivity index (χ3n) is 2.95. The van der Waals surface area contributed by atoms with Gasteiger partial charge in [-0.2, -0.15) is 0 Å². The molecular weight excluding hydrogens is 202 g/mol. The van der Waals surface area contributed by atoms with Crippen LogP contribution in [0.2, 0.25) is 0 Å². The van der Waals surface area contributed by atoms with Gasteiger partial charge in [0.05, 0.1) is 6.54 Å². The van der Waals surface area contributed by atoms with E-state index in [0.717, 1.165) is 31.0 Å². The Hall–Kier alpha value is -1.71. The standard InChI is InChI=1S/C12H17N3O/c1-9-10(2)16-7-6-15(9)8-11-4-3-5-14-12(11)13/h3-5H,6-8H2,1-2H3,(H2,13,14). The molecular formula is C12H17N3O. The quantitative estimate of drug-likeness (QED) is 0.823. The van der Waals surface area contributed by atoms with Crippen molar-refractivity contribution in [2.24, 2.45) is 0 Å². The van der Waals surface area contributed by atoms with E-state index in [1.54, 1.807) is 6.20 Å². The molecule has 2 rings (SSSR count). The van der Waals surface area contributed by atoms with Crippen LogP contribution in [0.15, 0.2) is 29.8 Å². The molecule has 1 aliphatic rings. The Bertz CT molecular complexity index is 414. The van der Waals surface area contributed by atoms with E-state index < -0.39 is 0 Å². The second kappa shape index (κ2) is 4.43. The molecule has 0 bridgehead atoms. The van der Waals surface area contributed by atoms with Crippen LogP contribution in [0.5, 0.6) is 0 Å². The van der Waals surface area contributed by atoms with Gasteiger partial charge in [-0.15, -0.1) is 0 Å². The predicted octanol–water partition coefficient (Wildman–Crippen LogP) is 1.75. The minimum Gasteiger partial charge on any atom is -0.495 e. The number of anilines is 1.